The van der Waals surface area contributed by atoms with Crippen LogP contribution in [0, 0.1) is 5.92 Å². The molecule has 0 radical (unpaired) electrons. The zero-order valence-corrected chi connectivity index (χ0v) is 12.3. The summed E-state index contributed by atoms with van der Waals surface area (Å²) in [7, 11) is 1.73. The number of carbonyl (C=O) groups excluding carboxylic acids is 2. The zero-order chi connectivity index (χ0) is 14.8. The molecule has 0 aliphatic heterocycles. The monoisotopic (exact) mass is 274 g/mol. The molecule has 0 heterocycles. The van der Waals surface area contributed by atoms with Gasteiger partial charge in [-0.05, 0) is 19.9 Å². The number of hydrogen-bond acceptors (Lipinski definition) is 5. The van der Waals surface area contributed by atoms with E-state index in [4.69, 9.17) is 4.74 Å². The average Bonchev–Trinajstić information content (AvgIpc) is 2.25. The van der Waals surface area contributed by atoms with Gasteiger partial charge in [0, 0.05) is 13.1 Å². The predicted molar refractivity (Wildman–Crippen MR) is 72.6 cm³/mol. The lowest BCUT2D eigenvalue weighted by molar-refractivity contribution is -0.145. The third kappa shape index (κ3) is 10.5. The van der Waals surface area contributed by atoms with E-state index >= 15 is 0 Å². The minimum atomic E-state index is -0.818. The van der Waals surface area contributed by atoms with Crippen LogP contribution >= 0.6 is 0 Å². The quantitative estimate of drug-likeness (QED) is 0.579. The first-order valence-electron chi connectivity index (χ1n) is 6.64. The number of esters is 1. The Kier molecular flexibility index (Phi) is 9.16. The molecule has 0 aliphatic carbocycles. The van der Waals surface area contributed by atoms with Gasteiger partial charge in [-0.15, -0.1) is 0 Å². The number of rotatable bonds is 9. The molecule has 2 N–H and O–H groups in total. The average molecular weight is 274 g/mol. The molecule has 0 fully saturated rings. The van der Waals surface area contributed by atoms with Gasteiger partial charge < -0.3 is 15.2 Å². The van der Waals surface area contributed by atoms with Gasteiger partial charge in [-0.2, -0.15) is 0 Å². The van der Waals surface area contributed by atoms with Gasteiger partial charge in [0.15, 0.2) is 0 Å². The van der Waals surface area contributed by atoms with Crippen LogP contribution in [0.5, 0.6) is 0 Å². The summed E-state index contributed by atoms with van der Waals surface area (Å²) < 4.78 is 4.74. The van der Waals surface area contributed by atoms with Crippen LogP contribution in [-0.4, -0.2) is 61.3 Å². The van der Waals surface area contributed by atoms with E-state index < -0.39 is 12.1 Å². The van der Waals surface area contributed by atoms with Gasteiger partial charge >= 0.3 is 5.97 Å². The first-order valence-corrected chi connectivity index (χ1v) is 6.64. The van der Waals surface area contributed by atoms with E-state index in [0.717, 1.165) is 0 Å². The highest BCUT2D eigenvalue weighted by molar-refractivity contribution is 5.78. The van der Waals surface area contributed by atoms with Crippen LogP contribution in [0.25, 0.3) is 0 Å². The first kappa shape index (κ1) is 17.9. The third-order valence-corrected chi connectivity index (χ3v) is 2.35. The molecule has 0 saturated carbocycles. The molecule has 112 valence electrons. The van der Waals surface area contributed by atoms with Crippen molar-refractivity contribution >= 4 is 11.9 Å². The number of carbonyl (C=O) groups is 2. The number of hydrogen-bond donors (Lipinski definition) is 2. The maximum atomic E-state index is 11.5. The van der Waals surface area contributed by atoms with E-state index in [9.17, 15) is 14.7 Å². The molecule has 19 heavy (non-hydrogen) atoms. The highest BCUT2D eigenvalue weighted by atomic mass is 16.5. The van der Waals surface area contributed by atoms with Crippen LogP contribution in [0.3, 0.4) is 0 Å². The van der Waals surface area contributed by atoms with Crippen molar-refractivity contribution < 1.29 is 19.4 Å². The molecule has 0 rings (SSSR count). The summed E-state index contributed by atoms with van der Waals surface area (Å²) in [6.45, 7) is 7.16. The molecule has 6 nitrogen and oxygen atoms in total. The Labute approximate surface area is 115 Å². The van der Waals surface area contributed by atoms with E-state index in [1.165, 1.54) is 0 Å². The van der Waals surface area contributed by atoms with Gasteiger partial charge in [0.1, 0.15) is 0 Å². The molecule has 0 aromatic heterocycles. The minimum absolute atomic E-state index is 0.0498. The molecule has 1 amide bonds. The van der Waals surface area contributed by atoms with Crippen LogP contribution in [0.1, 0.15) is 27.2 Å². The molecule has 0 aromatic rings. The fraction of sp³-hybridized carbons (Fsp3) is 0.846. The Morgan fingerprint density at radius 3 is 2.53 bits per heavy atom. The highest BCUT2D eigenvalue weighted by Crippen LogP contribution is 1.98. The lowest BCUT2D eigenvalue weighted by atomic mass is 10.2. The lowest BCUT2D eigenvalue weighted by Gasteiger charge is -2.19. The Morgan fingerprint density at radius 2 is 2.00 bits per heavy atom. The summed E-state index contributed by atoms with van der Waals surface area (Å²) in [6, 6.07) is 0. The largest absolute Gasteiger partial charge is 0.466 e. The molecular formula is C13H26N2O4. The van der Waals surface area contributed by atoms with E-state index in [0.29, 0.717) is 19.1 Å². The van der Waals surface area contributed by atoms with E-state index in [-0.39, 0.29) is 25.4 Å². The van der Waals surface area contributed by atoms with Gasteiger partial charge in [0.2, 0.25) is 5.91 Å². The maximum absolute atomic E-state index is 11.5. The number of ether oxygens (including phenoxy) is 1. The summed E-state index contributed by atoms with van der Waals surface area (Å²) in [5.74, 6) is -0.101. The van der Waals surface area contributed by atoms with Crippen LogP contribution in [-0.2, 0) is 14.3 Å². The second-order valence-electron chi connectivity index (χ2n) is 5.06. The second kappa shape index (κ2) is 9.75. The first-order chi connectivity index (χ1) is 8.85. The summed E-state index contributed by atoms with van der Waals surface area (Å²) >= 11 is 0. The van der Waals surface area contributed by atoms with Gasteiger partial charge in [-0.25, -0.2) is 0 Å². The highest BCUT2D eigenvalue weighted by Gasteiger charge is 2.15. The van der Waals surface area contributed by atoms with Crippen molar-refractivity contribution in [2.24, 2.45) is 5.92 Å². The molecular weight excluding hydrogens is 248 g/mol. The number of aliphatic hydroxyl groups is 1. The number of nitrogens with one attached hydrogen (secondary N) is 1. The van der Waals surface area contributed by atoms with Gasteiger partial charge in [-0.1, -0.05) is 13.8 Å². The van der Waals surface area contributed by atoms with Gasteiger partial charge in [0.25, 0.3) is 0 Å². The minimum Gasteiger partial charge on any atom is -0.466 e. The van der Waals surface area contributed by atoms with Crippen LogP contribution in [0.15, 0.2) is 0 Å². The van der Waals surface area contributed by atoms with Crippen molar-refractivity contribution in [3.8, 4) is 0 Å². The molecule has 0 saturated heterocycles. The van der Waals surface area contributed by atoms with Crippen molar-refractivity contribution in [1.29, 1.82) is 0 Å². The molecule has 1 unspecified atom stereocenters. The Balaban J connectivity index is 3.86. The Bertz CT molecular complexity index is 282. The molecule has 0 aromatic carbocycles. The fourth-order valence-electron chi connectivity index (χ4n) is 1.52. The second-order valence-corrected chi connectivity index (χ2v) is 5.06. The van der Waals surface area contributed by atoms with Crippen molar-refractivity contribution in [2.75, 3.05) is 33.3 Å². The Morgan fingerprint density at radius 1 is 1.37 bits per heavy atom. The fourth-order valence-corrected chi connectivity index (χ4v) is 1.52. The van der Waals surface area contributed by atoms with Gasteiger partial charge in [0.05, 0.1) is 25.7 Å². The number of amides is 1. The topological polar surface area (TPSA) is 78.9 Å². The van der Waals surface area contributed by atoms with E-state index in [1.807, 2.05) is 13.8 Å². The maximum Gasteiger partial charge on any atom is 0.308 e. The standard InChI is InChI=1S/C13H26N2O4/c1-5-19-13(18)6-11(16)8-15(4)9-12(17)14-7-10(2)3/h10-11,16H,5-9H2,1-4H3,(H,14,17). The molecule has 6 heteroatoms. The summed E-state index contributed by atoms with van der Waals surface area (Å²) in [5, 5.41) is 12.5. The van der Waals surface area contributed by atoms with Crippen molar-refractivity contribution in [2.45, 2.75) is 33.3 Å². The Hall–Kier alpha value is -1.14. The van der Waals surface area contributed by atoms with Crippen LogP contribution in [0.4, 0.5) is 0 Å². The normalized spacial score (nSPS) is 12.6. The molecule has 0 aliphatic rings. The van der Waals surface area contributed by atoms with Crippen molar-refractivity contribution in [1.82, 2.24) is 10.2 Å². The summed E-state index contributed by atoms with van der Waals surface area (Å²) in [4.78, 5) is 24.4. The molecule has 0 bridgehead atoms. The third-order valence-electron chi connectivity index (χ3n) is 2.35. The zero-order valence-electron chi connectivity index (χ0n) is 12.3. The summed E-state index contributed by atoms with van der Waals surface area (Å²) in [6.07, 6.45) is -0.867. The summed E-state index contributed by atoms with van der Waals surface area (Å²) in [5.41, 5.74) is 0. The van der Waals surface area contributed by atoms with E-state index in [1.54, 1.807) is 18.9 Å². The van der Waals surface area contributed by atoms with Crippen LogP contribution in [0.2, 0.25) is 0 Å². The predicted octanol–water partition coefficient (Wildman–Crippen LogP) is 0.00450. The smallest absolute Gasteiger partial charge is 0.308 e. The van der Waals surface area contributed by atoms with Crippen molar-refractivity contribution in [3.05, 3.63) is 0 Å². The SMILES string of the molecule is CCOC(=O)CC(O)CN(C)CC(=O)NCC(C)C. The number of aliphatic hydroxyl groups excluding tert-OH is 1. The van der Waals surface area contributed by atoms with Gasteiger partial charge in [-0.3, -0.25) is 14.5 Å². The van der Waals surface area contributed by atoms with Crippen molar-refractivity contribution in [3.63, 3.8) is 0 Å². The molecule has 0 spiro atoms. The molecule has 1 atom stereocenters. The number of likely N-dealkylation sites (N-methyl/N-ethyl adjacent to an activating group) is 1. The lowest BCUT2D eigenvalue weighted by Crippen LogP contribution is -2.40. The number of nitrogens with zero attached hydrogens (tertiary/aromatic N) is 1. The van der Waals surface area contributed by atoms with E-state index in [2.05, 4.69) is 5.32 Å². The van der Waals surface area contributed by atoms with Crippen LogP contribution < -0.4 is 5.32 Å².